The zero-order valence-electron chi connectivity index (χ0n) is 4.79. The average Bonchev–Trinajstić information content (AvgIpc) is 1.86. The van der Waals surface area contributed by atoms with E-state index >= 15 is 0 Å². The SMILES string of the molecule is CC1(O)OCC[C@@H]1O. The van der Waals surface area contributed by atoms with Crippen LogP contribution in [-0.4, -0.2) is 28.7 Å². The van der Waals surface area contributed by atoms with E-state index in [0.717, 1.165) is 0 Å². The lowest BCUT2D eigenvalue weighted by Crippen LogP contribution is -2.34. The van der Waals surface area contributed by atoms with Crippen LogP contribution in [0.15, 0.2) is 0 Å². The van der Waals surface area contributed by atoms with Crippen LogP contribution >= 0.6 is 0 Å². The molecule has 1 unspecified atom stereocenters. The van der Waals surface area contributed by atoms with Gasteiger partial charge in [0.25, 0.3) is 0 Å². The van der Waals surface area contributed by atoms with Crippen molar-refractivity contribution in [2.45, 2.75) is 25.2 Å². The summed E-state index contributed by atoms with van der Waals surface area (Å²) in [5, 5.41) is 17.9. The van der Waals surface area contributed by atoms with Crippen molar-refractivity contribution in [2.75, 3.05) is 6.61 Å². The van der Waals surface area contributed by atoms with Gasteiger partial charge in [-0.2, -0.15) is 0 Å². The Labute approximate surface area is 47.9 Å². The first-order valence-electron chi connectivity index (χ1n) is 2.67. The van der Waals surface area contributed by atoms with E-state index in [1.807, 2.05) is 0 Å². The van der Waals surface area contributed by atoms with Crippen LogP contribution in [0.2, 0.25) is 0 Å². The van der Waals surface area contributed by atoms with Crippen molar-refractivity contribution in [1.82, 2.24) is 0 Å². The third-order valence-corrected chi connectivity index (χ3v) is 1.40. The molecule has 0 bridgehead atoms. The van der Waals surface area contributed by atoms with E-state index in [4.69, 9.17) is 14.9 Å². The van der Waals surface area contributed by atoms with Crippen LogP contribution in [-0.2, 0) is 4.74 Å². The Hall–Kier alpha value is -0.120. The van der Waals surface area contributed by atoms with Gasteiger partial charge in [0.1, 0.15) is 6.10 Å². The molecular formula is C5H10O3. The molecule has 0 aromatic carbocycles. The zero-order valence-corrected chi connectivity index (χ0v) is 4.79. The van der Waals surface area contributed by atoms with Gasteiger partial charge in [-0.3, -0.25) is 0 Å². The smallest absolute Gasteiger partial charge is 0.189 e. The Morgan fingerprint density at radius 3 is 2.50 bits per heavy atom. The van der Waals surface area contributed by atoms with Crippen molar-refractivity contribution < 1.29 is 14.9 Å². The number of rotatable bonds is 0. The summed E-state index contributed by atoms with van der Waals surface area (Å²) in [4.78, 5) is 0. The standard InChI is InChI=1S/C5H10O3/c1-5(7)4(6)2-3-8-5/h4,6-7H,2-3H2,1H3/t4-,5?/m0/s1. The van der Waals surface area contributed by atoms with Crippen LogP contribution in [0.3, 0.4) is 0 Å². The van der Waals surface area contributed by atoms with Gasteiger partial charge in [0.15, 0.2) is 5.79 Å². The number of ether oxygens (including phenoxy) is 1. The molecule has 3 heteroatoms. The number of hydrogen-bond donors (Lipinski definition) is 2. The summed E-state index contributed by atoms with van der Waals surface area (Å²) in [6, 6.07) is 0. The Balaban J connectivity index is 2.54. The molecule has 1 rings (SSSR count). The Morgan fingerprint density at radius 1 is 1.75 bits per heavy atom. The van der Waals surface area contributed by atoms with Gasteiger partial charge in [-0.1, -0.05) is 0 Å². The molecule has 48 valence electrons. The zero-order chi connectivity index (χ0) is 6.20. The molecule has 1 aliphatic heterocycles. The van der Waals surface area contributed by atoms with E-state index in [1.165, 1.54) is 6.92 Å². The summed E-state index contributed by atoms with van der Waals surface area (Å²) in [6.07, 6.45) is -0.171. The molecule has 0 saturated carbocycles. The topological polar surface area (TPSA) is 49.7 Å². The monoisotopic (exact) mass is 118 g/mol. The normalized spacial score (nSPS) is 47.6. The largest absolute Gasteiger partial charge is 0.387 e. The van der Waals surface area contributed by atoms with Crippen LogP contribution < -0.4 is 0 Å². The third-order valence-electron chi connectivity index (χ3n) is 1.40. The summed E-state index contributed by atoms with van der Waals surface area (Å²) in [5.41, 5.74) is 0. The van der Waals surface area contributed by atoms with Crippen molar-refractivity contribution in [3.63, 3.8) is 0 Å². The molecular weight excluding hydrogens is 108 g/mol. The second kappa shape index (κ2) is 1.69. The molecule has 0 radical (unpaired) electrons. The quantitative estimate of drug-likeness (QED) is 0.450. The summed E-state index contributed by atoms with van der Waals surface area (Å²) in [7, 11) is 0. The Morgan fingerprint density at radius 2 is 2.38 bits per heavy atom. The number of aliphatic hydroxyl groups excluding tert-OH is 1. The van der Waals surface area contributed by atoms with Crippen molar-refractivity contribution >= 4 is 0 Å². The molecule has 0 aromatic heterocycles. The highest BCUT2D eigenvalue weighted by Gasteiger charge is 2.36. The molecule has 1 saturated heterocycles. The van der Waals surface area contributed by atoms with Gasteiger partial charge < -0.3 is 14.9 Å². The summed E-state index contributed by atoms with van der Waals surface area (Å²) in [6.45, 7) is 1.92. The van der Waals surface area contributed by atoms with E-state index in [0.29, 0.717) is 13.0 Å². The molecule has 3 nitrogen and oxygen atoms in total. The Kier molecular flexibility index (Phi) is 1.27. The van der Waals surface area contributed by atoms with Gasteiger partial charge >= 0.3 is 0 Å². The molecule has 0 spiro atoms. The Bertz CT molecular complexity index is 89.7. The van der Waals surface area contributed by atoms with Gasteiger partial charge in [0.2, 0.25) is 0 Å². The molecule has 2 N–H and O–H groups in total. The fourth-order valence-corrected chi connectivity index (χ4v) is 0.741. The van der Waals surface area contributed by atoms with Gasteiger partial charge in [0, 0.05) is 6.42 Å². The molecule has 2 atom stereocenters. The van der Waals surface area contributed by atoms with Crippen LogP contribution in [0.4, 0.5) is 0 Å². The van der Waals surface area contributed by atoms with E-state index in [9.17, 15) is 0 Å². The van der Waals surface area contributed by atoms with E-state index in [1.54, 1.807) is 0 Å². The van der Waals surface area contributed by atoms with Crippen molar-refractivity contribution in [1.29, 1.82) is 0 Å². The van der Waals surface area contributed by atoms with E-state index < -0.39 is 11.9 Å². The van der Waals surface area contributed by atoms with Gasteiger partial charge in [-0.05, 0) is 6.92 Å². The molecule has 1 heterocycles. The number of aliphatic hydroxyl groups is 2. The predicted octanol–water partition coefficient (Wildman–Crippen LogP) is -0.524. The maximum absolute atomic E-state index is 8.99. The molecule has 0 aliphatic carbocycles. The highest BCUT2D eigenvalue weighted by molar-refractivity contribution is 4.77. The molecule has 1 aliphatic rings. The van der Waals surface area contributed by atoms with E-state index in [2.05, 4.69) is 0 Å². The van der Waals surface area contributed by atoms with Crippen LogP contribution in [0.5, 0.6) is 0 Å². The minimum Gasteiger partial charge on any atom is -0.387 e. The third kappa shape index (κ3) is 0.844. The highest BCUT2D eigenvalue weighted by Crippen LogP contribution is 2.21. The first-order valence-corrected chi connectivity index (χ1v) is 2.67. The highest BCUT2D eigenvalue weighted by atomic mass is 16.6. The lowest BCUT2D eigenvalue weighted by molar-refractivity contribution is -0.198. The second-order valence-corrected chi connectivity index (χ2v) is 2.21. The van der Waals surface area contributed by atoms with Crippen LogP contribution in [0.25, 0.3) is 0 Å². The summed E-state index contributed by atoms with van der Waals surface area (Å²) >= 11 is 0. The fraction of sp³-hybridized carbons (Fsp3) is 1.00. The second-order valence-electron chi connectivity index (χ2n) is 2.21. The van der Waals surface area contributed by atoms with Gasteiger partial charge in [-0.25, -0.2) is 0 Å². The van der Waals surface area contributed by atoms with Crippen molar-refractivity contribution in [3.05, 3.63) is 0 Å². The minimum atomic E-state index is -1.29. The first kappa shape index (κ1) is 6.01. The summed E-state index contributed by atoms with van der Waals surface area (Å²) in [5.74, 6) is -1.29. The maximum Gasteiger partial charge on any atom is 0.189 e. The molecule has 8 heavy (non-hydrogen) atoms. The fourth-order valence-electron chi connectivity index (χ4n) is 0.741. The lowest BCUT2D eigenvalue weighted by Gasteiger charge is -2.18. The maximum atomic E-state index is 8.99. The van der Waals surface area contributed by atoms with Crippen molar-refractivity contribution in [3.8, 4) is 0 Å². The summed E-state index contributed by atoms with van der Waals surface area (Å²) < 4.78 is 4.76. The molecule has 0 aromatic rings. The van der Waals surface area contributed by atoms with Crippen LogP contribution in [0, 0.1) is 0 Å². The minimum absolute atomic E-state index is 0.453. The molecule has 0 amide bonds. The van der Waals surface area contributed by atoms with E-state index in [-0.39, 0.29) is 0 Å². The predicted molar refractivity (Wildman–Crippen MR) is 27.2 cm³/mol. The lowest BCUT2D eigenvalue weighted by atomic mass is 10.2. The molecule has 1 fully saturated rings. The first-order chi connectivity index (χ1) is 3.63. The average molecular weight is 118 g/mol. The van der Waals surface area contributed by atoms with Crippen molar-refractivity contribution in [2.24, 2.45) is 0 Å². The van der Waals surface area contributed by atoms with Gasteiger partial charge in [0.05, 0.1) is 6.61 Å². The number of hydrogen-bond acceptors (Lipinski definition) is 3. The van der Waals surface area contributed by atoms with Gasteiger partial charge in [-0.15, -0.1) is 0 Å². The van der Waals surface area contributed by atoms with Crippen LogP contribution in [0.1, 0.15) is 13.3 Å².